The van der Waals surface area contributed by atoms with Crippen LogP contribution in [0.15, 0.2) is 35.2 Å². The normalized spacial score (nSPS) is 18.8. The number of aromatic amines is 1. The molecule has 2 aromatic rings. The summed E-state index contributed by atoms with van der Waals surface area (Å²) in [5.74, 6) is -2.70. The van der Waals surface area contributed by atoms with Gasteiger partial charge in [0.1, 0.15) is 6.04 Å². The molecule has 1 aliphatic rings. The fourth-order valence-corrected chi connectivity index (χ4v) is 4.33. The number of halogens is 3. The van der Waals surface area contributed by atoms with Gasteiger partial charge in [-0.15, -0.1) is 5.10 Å². The number of nitrogens with zero attached hydrogens (tertiary/aromatic N) is 3. The largest absolute Gasteiger partial charge is 0.451 e. The van der Waals surface area contributed by atoms with E-state index in [9.17, 15) is 26.4 Å². The summed E-state index contributed by atoms with van der Waals surface area (Å²) in [6.07, 6.45) is -4.04. The molecule has 8 nitrogen and oxygen atoms in total. The van der Waals surface area contributed by atoms with Gasteiger partial charge in [-0.3, -0.25) is 15.2 Å². The lowest BCUT2D eigenvalue weighted by Gasteiger charge is -2.22. The lowest BCUT2D eigenvalue weighted by molar-refractivity contribution is -0.144. The zero-order chi connectivity index (χ0) is 18.9. The number of hydrogen-bond acceptors (Lipinski definition) is 5. The standard InChI is InChI=1S/C14H14F3N5O3S/c15-14(16,17)12-19-13(21-20-12)18-11(23)10-7-4-8-22(10)26(24,25)9-5-2-1-3-6-9/h1-3,5-6,10H,4,7-8H2,(H2,18,19,20,21,23). The molecule has 1 fully saturated rings. The average molecular weight is 389 g/mol. The van der Waals surface area contributed by atoms with Gasteiger partial charge in [0.05, 0.1) is 4.90 Å². The Bertz CT molecular complexity index is 898. The van der Waals surface area contributed by atoms with Crippen LogP contribution in [0.3, 0.4) is 0 Å². The number of amides is 1. The molecule has 1 aromatic heterocycles. The first kappa shape index (κ1) is 18.3. The number of carbonyl (C=O) groups excluding carboxylic acids is 1. The topological polar surface area (TPSA) is 108 Å². The van der Waals surface area contributed by atoms with E-state index < -0.39 is 39.9 Å². The van der Waals surface area contributed by atoms with Gasteiger partial charge in [0.15, 0.2) is 0 Å². The third kappa shape index (κ3) is 3.55. The number of alkyl halides is 3. The van der Waals surface area contributed by atoms with Crippen LogP contribution in [0.4, 0.5) is 19.1 Å². The number of anilines is 1. The molecule has 140 valence electrons. The number of nitrogens with one attached hydrogen (secondary N) is 2. The van der Waals surface area contributed by atoms with E-state index in [0.29, 0.717) is 6.42 Å². The minimum absolute atomic E-state index is 0.0388. The van der Waals surface area contributed by atoms with Crippen molar-refractivity contribution in [1.29, 1.82) is 0 Å². The smallest absolute Gasteiger partial charge is 0.292 e. The zero-order valence-corrected chi connectivity index (χ0v) is 14.0. The van der Waals surface area contributed by atoms with Crippen molar-refractivity contribution in [2.45, 2.75) is 30.0 Å². The highest BCUT2D eigenvalue weighted by Gasteiger charge is 2.40. The summed E-state index contributed by atoms with van der Waals surface area (Å²) in [6, 6.07) is 6.55. The second-order valence-corrected chi connectivity index (χ2v) is 7.47. The van der Waals surface area contributed by atoms with Crippen LogP contribution in [0.2, 0.25) is 0 Å². The molecule has 2 heterocycles. The van der Waals surface area contributed by atoms with Crippen molar-refractivity contribution >= 4 is 21.9 Å². The Hall–Kier alpha value is -2.47. The molecule has 2 N–H and O–H groups in total. The van der Waals surface area contributed by atoms with Gasteiger partial charge in [-0.1, -0.05) is 18.2 Å². The molecule has 1 saturated heterocycles. The maximum Gasteiger partial charge on any atom is 0.451 e. The monoisotopic (exact) mass is 389 g/mol. The Morgan fingerprint density at radius 2 is 1.96 bits per heavy atom. The number of carbonyl (C=O) groups is 1. The summed E-state index contributed by atoms with van der Waals surface area (Å²) in [5.41, 5.74) is 0. The molecule has 1 aromatic carbocycles. The van der Waals surface area contributed by atoms with Crippen molar-refractivity contribution in [2.24, 2.45) is 0 Å². The number of sulfonamides is 1. The Morgan fingerprint density at radius 3 is 2.58 bits per heavy atom. The molecule has 1 atom stereocenters. The molecule has 3 rings (SSSR count). The first-order valence-corrected chi connectivity index (χ1v) is 9.01. The van der Waals surface area contributed by atoms with Gasteiger partial charge in [-0.2, -0.15) is 22.5 Å². The molecule has 1 amide bonds. The molecule has 0 bridgehead atoms. The number of aromatic nitrogens is 3. The highest BCUT2D eigenvalue weighted by Crippen LogP contribution is 2.28. The molecular formula is C14H14F3N5O3S. The van der Waals surface area contributed by atoms with Gasteiger partial charge in [0, 0.05) is 6.54 Å². The van der Waals surface area contributed by atoms with Crippen molar-refractivity contribution in [1.82, 2.24) is 19.5 Å². The Labute approximate surface area is 146 Å². The first-order valence-electron chi connectivity index (χ1n) is 7.57. The summed E-state index contributed by atoms with van der Waals surface area (Å²) in [4.78, 5) is 15.6. The fourth-order valence-electron chi connectivity index (χ4n) is 2.66. The van der Waals surface area contributed by atoms with Crippen molar-refractivity contribution in [2.75, 3.05) is 11.9 Å². The summed E-state index contributed by atoms with van der Waals surface area (Å²) < 4.78 is 64.0. The number of H-pyrrole nitrogens is 1. The Morgan fingerprint density at radius 1 is 1.27 bits per heavy atom. The minimum Gasteiger partial charge on any atom is -0.292 e. The van der Waals surface area contributed by atoms with E-state index in [4.69, 9.17) is 0 Å². The van der Waals surface area contributed by atoms with Crippen LogP contribution in [-0.2, 0) is 21.0 Å². The predicted octanol–water partition coefficient (Wildman–Crippen LogP) is 1.62. The first-order chi connectivity index (χ1) is 12.2. The second-order valence-electron chi connectivity index (χ2n) is 5.58. The molecule has 0 radical (unpaired) electrons. The van der Waals surface area contributed by atoms with Gasteiger partial charge >= 0.3 is 6.18 Å². The molecule has 0 aliphatic carbocycles. The molecule has 12 heteroatoms. The third-order valence-electron chi connectivity index (χ3n) is 3.85. The van der Waals surface area contributed by atoms with Gasteiger partial charge < -0.3 is 0 Å². The summed E-state index contributed by atoms with van der Waals surface area (Å²) >= 11 is 0. The van der Waals surface area contributed by atoms with E-state index in [-0.39, 0.29) is 17.9 Å². The van der Waals surface area contributed by atoms with E-state index in [1.807, 2.05) is 0 Å². The van der Waals surface area contributed by atoms with Crippen LogP contribution >= 0.6 is 0 Å². The molecule has 0 spiro atoms. The van der Waals surface area contributed by atoms with Crippen LogP contribution in [0.1, 0.15) is 18.7 Å². The van der Waals surface area contributed by atoms with Gasteiger partial charge in [-0.05, 0) is 25.0 Å². The van der Waals surface area contributed by atoms with Gasteiger partial charge in [-0.25, -0.2) is 8.42 Å². The van der Waals surface area contributed by atoms with E-state index in [2.05, 4.69) is 15.4 Å². The van der Waals surface area contributed by atoms with Crippen molar-refractivity contribution in [3.05, 3.63) is 36.2 Å². The van der Waals surface area contributed by atoms with Crippen molar-refractivity contribution in [3.63, 3.8) is 0 Å². The Kier molecular flexibility index (Phi) is 4.71. The van der Waals surface area contributed by atoms with E-state index in [0.717, 1.165) is 4.31 Å². The lowest BCUT2D eigenvalue weighted by atomic mass is 10.2. The van der Waals surface area contributed by atoms with Gasteiger partial charge in [0.25, 0.3) is 0 Å². The lowest BCUT2D eigenvalue weighted by Crippen LogP contribution is -2.43. The highest BCUT2D eigenvalue weighted by atomic mass is 32.2. The van der Waals surface area contributed by atoms with Crippen LogP contribution in [0.5, 0.6) is 0 Å². The Balaban J connectivity index is 1.78. The van der Waals surface area contributed by atoms with Crippen LogP contribution in [-0.4, -0.2) is 46.4 Å². The van der Waals surface area contributed by atoms with E-state index in [1.165, 1.54) is 12.1 Å². The second kappa shape index (κ2) is 6.68. The van der Waals surface area contributed by atoms with Crippen LogP contribution < -0.4 is 5.32 Å². The van der Waals surface area contributed by atoms with Crippen molar-refractivity contribution in [3.8, 4) is 0 Å². The summed E-state index contributed by atoms with van der Waals surface area (Å²) in [5, 5.41) is 7.09. The molecule has 1 aliphatic heterocycles. The van der Waals surface area contributed by atoms with Crippen LogP contribution in [0.25, 0.3) is 0 Å². The predicted molar refractivity (Wildman–Crippen MR) is 83.4 cm³/mol. The highest BCUT2D eigenvalue weighted by molar-refractivity contribution is 7.89. The van der Waals surface area contributed by atoms with Crippen LogP contribution in [0, 0.1) is 0 Å². The van der Waals surface area contributed by atoms with E-state index >= 15 is 0 Å². The van der Waals surface area contributed by atoms with E-state index in [1.54, 1.807) is 23.3 Å². The SMILES string of the molecule is O=C(Nc1n[nH]c(C(F)(F)F)n1)C1CCCN1S(=O)(=O)c1ccccc1. The quantitative estimate of drug-likeness (QED) is 0.826. The maximum absolute atomic E-state index is 12.7. The molecular weight excluding hydrogens is 375 g/mol. The molecule has 1 unspecified atom stereocenters. The number of hydrogen-bond donors (Lipinski definition) is 2. The summed E-state index contributed by atoms with van der Waals surface area (Å²) in [6.45, 7) is 0.136. The van der Waals surface area contributed by atoms with Crippen molar-refractivity contribution < 1.29 is 26.4 Å². The summed E-state index contributed by atoms with van der Waals surface area (Å²) in [7, 11) is -3.90. The number of rotatable bonds is 4. The molecule has 26 heavy (non-hydrogen) atoms. The minimum atomic E-state index is -4.73. The van der Waals surface area contributed by atoms with Gasteiger partial charge in [0.2, 0.25) is 27.7 Å². The zero-order valence-electron chi connectivity index (χ0n) is 13.2. The average Bonchev–Trinajstić information content (AvgIpc) is 3.24. The number of benzene rings is 1. The fraction of sp³-hybridized carbons (Fsp3) is 0.357. The maximum atomic E-state index is 12.7. The third-order valence-corrected chi connectivity index (χ3v) is 5.77. The molecule has 0 saturated carbocycles.